The van der Waals surface area contributed by atoms with Crippen LogP contribution >= 0.6 is 0 Å². The first-order valence-electron chi connectivity index (χ1n) is 8.75. The first kappa shape index (κ1) is 20.0. The zero-order chi connectivity index (χ0) is 19.2. The van der Waals surface area contributed by atoms with E-state index < -0.39 is 10.0 Å². The Morgan fingerprint density at radius 1 is 1.12 bits per heavy atom. The largest absolute Gasteiger partial charge is 0.350 e. The molecule has 0 aliphatic heterocycles. The minimum Gasteiger partial charge on any atom is -0.350 e. The van der Waals surface area contributed by atoms with E-state index in [1.807, 2.05) is 25.1 Å². The van der Waals surface area contributed by atoms with E-state index in [0.717, 1.165) is 12.8 Å². The molecule has 0 heterocycles. The van der Waals surface area contributed by atoms with Crippen LogP contribution in [0.3, 0.4) is 0 Å². The Balaban J connectivity index is 2.00. The summed E-state index contributed by atoms with van der Waals surface area (Å²) in [5.41, 5.74) is 2.17. The average molecular weight is 375 g/mol. The molecule has 2 aromatic carbocycles. The normalized spacial score (nSPS) is 12.4. The van der Waals surface area contributed by atoms with Crippen LogP contribution in [0.2, 0.25) is 0 Å². The van der Waals surface area contributed by atoms with Crippen LogP contribution in [0.5, 0.6) is 0 Å². The van der Waals surface area contributed by atoms with Crippen LogP contribution in [0.15, 0.2) is 54.6 Å². The summed E-state index contributed by atoms with van der Waals surface area (Å²) in [7, 11) is -1.86. The number of nitrogens with zero attached hydrogens (tertiary/aromatic N) is 1. The predicted octanol–water partition coefficient (Wildman–Crippen LogP) is 3.22. The molecule has 0 fully saturated rings. The number of amides is 1. The van der Waals surface area contributed by atoms with E-state index >= 15 is 0 Å². The van der Waals surface area contributed by atoms with Crippen LogP contribution in [0.1, 0.15) is 36.2 Å². The molecule has 0 bridgehead atoms. The van der Waals surface area contributed by atoms with Gasteiger partial charge in [-0.15, -0.1) is 0 Å². The number of carbonyl (C=O) groups excluding carboxylic acids is 1. The van der Waals surface area contributed by atoms with Gasteiger partial charge in [-0.3, -0.25) is 9.10 Å². The van der Waals surface area contributed by atoms with Crippen molar-refractivity contribution in [1.29, 1.82) is 0 Å². The summed E-state index contributed by atoms with van der Waals surface area (Å²) in [5, 5.41) is 2.98. The number of benzene rings is 2. The minimum absolute atomic E-state index is 0.0104. The van der Waals surface area contributed by atoms with Crippen LogP contribution in [-0.4, -0.2) is 33.2 Å². The van der Waals surface area contributed by atoms with Crippen molar-refractivity contribution in [3.8, 4) is 0 Å². The fourth-order valence-electron chi connectivity index (χ4n) is 2.60. The first-order chi connectivity index (χ1) is 12.3. The number of nitrogens with one attached hydrogen (secondary N) is 1. The fraction of sp³-hybridized carbons (Fsp3) is 0.350. The van der Waals surface area contributed by atoms with Crippen molar-refractivity contribution in [2.75, 3.05) is 17.1 Å². The van der Waals surface area contributed by atoms with Gasteiger partial charge in [-0.1, -0.05) is 36.4 Å². The van der Waals surface area contributed by atoms with Gasteiger partial charge >= 0.3 is 0 Å². The second-order valence-corrected chi connectivity index (χ2v) is 8.61. The zero-order valence-electron chi connectivity index (χ0n) is 15.5. The van der Waals surface area contributed by atoms with E-state index in [0.29, 0.717) is 11.3 Å². The molecule has 5 nitrogen and oxygen atoms in total. The Morgan fingerprint density at radius 3 is 2.46 bits per heavy atom. The maximum atomic E-state index is 12.5. The number of anilines is 1. The van der Waals surface area contributed by atoms with Crippen LogP contribution in [0.25, 0.3) is 0 Å². The quantitative estimate of drug-likeness (QED) is 0.771. The Labute approximate surface area is 156 Å². The molecule has 2 aromatic rings. The molecule has 2 rings (SSSR count). The Morgan fingerprint density at radius 2 is 1.81 bits per heavy atom. The van der Waals surface area contributed by atoms with Crippen molar-refractivity contribution in [3.63, 3.8) is 0 Å². The highest BCUT2D eigenvalue weighted by molar-refractivity contribution is 7.92. The molecule has 0 aliphatic rings. The third kappa shape index (κ3) is 5.33. The molecule has 26 heavy (non-hydrogen) atoms. The number of aryl methyl sites for hydroxylation is 1. The summed E-state index contributed by atoms with van der Waals surface area (Å²) in [5.74, 6) is -0.189. The summed E-state index contributed by atoms with van der Waals surface area (Å²) >= 11 is 0. The third-order valence-electron chi connectivity index (χ3n) is 4.34. The van der Waals surface area contributed by atoms with E-state index in [-0.39, 0.29) is 17.7 Å². The number of rotatable bonds is 8. The minimum atomic E-state index is -3.35. The summed E-state index contributed by atoms with van der Waals surface area (Å²) in [6.45, 7) is 3.56. The topological polar surface area (TPSA) is 66.5 Å². The third-order valence-corrected chi connectivity index (χ3v) is 6.12. The summed E-state index contributed by atoms with van der Waals surface area (Å²) in [6.07, 6.45) is 1.72. The van der Waals surface area contributed by atoms with Crippen molar-refractivity contribution in [3.05, 3.63) is 65.7 Å². The molecule has 6 heteroatoms. The molecule has 1 amide bonds. The lowest BCUT2D eigenvalue weighted by atomic mass is 10.1. The standard InChI is InChI=1S/C20H26N2O3S/c1-4-26(24,25)22(3)19-12-8-11-18(15-19)20(23)21-16(2)13-14-17-9-6-5-7-10-17/h5-12,15-16H,4,13-14H2,1-3H3,(H,21,23)/t16-/m0/s1. The molecule has 0 saturated carbocycles. The molecule has 0 aromatic heterocycles. The Hall–Kier alpha value is -2.34. The van der Waals surface area contributed by atoms with Crippen LogP contribution in [-0.2, 0) is 16.4 Å². The fourth-order valence-corrected chi connectivity index (χ4v) is 3.43. The van der Waals surface area contributed by atoms with Gasteiger partial charge in [0, 0.05) is 18.7 Å². The van der Waals surface area contributed by atoms with Gasteiger partial charge in [-0.2, -0.15) is 0 Å². The summed E-state index contributed by atoms with van der Waals surface area (Å²) in [6, 6.07) is 16.8. The zero-order valence-corrected chi connectivity index (χ0v) is 16.3. The number of hydrogen-bond donors (Lipinski definition) is 1. The van der Waals surface area contributed by atoms with Gasteiger partial charge in [0.1, 0.15) is 0 Å². The molecular weight excluding hydrogens is 348 g/mol. The van der Waals surface area contributed by atoms with Gasteiger partial charge < -0.3 is 5.32 Å². The Bertz CT molecular complexity index is 835. The molecule has 0 aliphatic carbocycles. The lowest BCUT2D eigenvalue weighted by Gasteiger charge is -2.19. The van der Waals surface area contributed by atoms with E-state index in [1.165, 1.54) is 16.9 Å². The number of carbonyl (C=O) groups is 1. The summed E-state index contributed by atoms with van der Waals surface area (Å²) < 4.78 is 25.2. The first-order valence-corrected chi connectivity index (χ1v) is 10.4. The molecule has 0 radical (unpaired) electrons. The molecule has 1 N–H and O–H groups in total. The lowest BCUT2D eigenvalue weighted by Crippen LogP contribution is -2.33. The van der Waals surface area contributed by atoms with E-state index in [2.05, 4.69) is 17.4 Å². The van der Waals surface area contributed by atoms with Gasteiger partial charge in [-0.05, 0) is 50.5 Å². The molecule has 0 unspecified atom stereocenters. The van der Waals surface area contributed by atoms with Gasteiger partial charge in [0.15, 0.2) is 0 Å². The SMILES string of the molecule is CCS(=O)(=O)N(C)c1cccc(C(=O)N[C@@H](C)CCc2ccccc2)c1. The molecular formula is C20H26N2O3S. The maximum Gasteiger partial charge on any atom is 0.251 e. The average Bonchev–Trinajstić information content (AvgIpc) is 2.66. The highest BCUT2D eigenvalue weighted by Gasteiger charge is 2.17. The molecule has 1 atom stereocenters. The van der Waals surface area contributed by atoms with Gasteiger partial charge in [0.05, 0.1) is 11.4 Å². The second kappa shape index (κ2) is 8.85. The second-order valence-electron chi connectivity index (χ2n) is 6.32. The van der Waals surface area contributed by atoms with Crippen molar-refractivity contribution < 1.29 is 13.2 Å². The van der Waals surface area contributed by atoms with Crippen molar-refractivity contribution in [1.82, 2.24) is 5.32 Å². The lowest BCUT2D eigenvalue weighted by molar-refractivity contribution is 0.0938. The molecule has 0 saturated heterocycles. The predicted molar refractivity (Wildman–Crippen MR) is 106 cm³/mol. The van der Waals surface area contributed by atoms with Gasteiger partial charge in [0.2, 0.25) is 10.0 Å². The molecule has 140 valence electrons. The number of sulfonamides is 1. The van der Waals surface area contributed by atoms with E-state index in [9.17, 15) is 13.2 Å². The van der Waals surface area contributed by atoms with Crippen molar-refractivity contribution in [2.45, 2.75) is 32.7 Å². The monoisotopic (exact) mass is 374 g/mol. The van der Waals surface area contributed by atoms with Gasteiger partial charge in [0.25, 0.3) is 5.91 Å². The highest BCUT2D eigenvalue weighted by atomic mass is 32.2. The van der Waals surface area contributed by atoms with Crippen LogP contribution in [0, 0.1) is 0 Å². The number of hydrogen-bond acceptors (Lipinski definition) is 3. The van der Waals surface area contributed by atoms with E-state index in [1.54, 1.807) is 31.2 Å². The highest BCUT2D eigenvalue weighted by Crippen LogP contribution is 2.18. The maximum absolute atomic E-state index is 12.5. The van der Waals surface area contributed by atoms with E-state index in [4.69, 9.17) is 0 Å². The molecule has 0 spiro atoms. The summed E-state index contributed by atoms with van der Waals surface area (Å²) in [4.78, 5) is 12.5. The van der Waals surface area contributed by atoms with Crippen LogP contribution < -0.4 is 9.62 Å². The van der Waals surface area contributed by atoms with Crippen LogP contribution in [0.4, 0.5) is 5.69 Å². The smallest absolute Gasteiger partial charge is 0.251 e. The van der Waals surface area contributed by atoms with Crippen molar-refractivity contribution in [2.24, 2.45) is 0 Å². The van der Waals surface area contributed by atoms with Crippen molar-refractivity contribution >= 4 is 21.6 Å². The van der Waals surface area contributed by atoms with Gasteiger partial charge in [-0.25, -0.2) is 8.42 Å². The Kier molecular flexibility index (Phi) is 6.80.